The largest absolute Gasteiger partial charge is 0.387 e. The van der Waals surface area contributed by atoms with Gasteiger partial charge in [0.2, 0.25) is 0 Å². The molecule has 0 aromatic heterocycles. The number of rotatable bonds is 8. The monoisotopic (exact) mass is 281 g/mol. The molecule has 2 N–H and O–H groups in total. The quantitative estimate of drug-likeness (QED) is 0.726. The van der Waals surface area contributed by atoms with E-state index in [4.69, 9.17) is 0 Å². The minimum absolute atomic E-state index is 0.295. The minimum Gasteiger partial charge on any atom is -0.387 e. The van der Waals surface area contributed by atoms with Gasteiger partial charge in [-0.2, -0.15) is 0 Å². The Morgan fingerprint density at radius 1 is 1.00 bits per heavy atom. The molecule has 0 saturated heterocycles. The fourth-order valence-corrected chi connectivity index (χ4v) is 2.41. The number of hydrogen-bond donors (Lipinski definition) is 2. The molecule has 0 radical (unpaired) electrons. The second-order valence-corrected chi connectivity index (χ2v) is 5.25. The summed E-state index contributed by atoms with van der Waals surface area (Å²) in [5, 5.41) is 13.7. The second kappa shape index (κ2) is 8.40. The third kappa shape index (κ3) is 5.18. The topological polar surface area (TPSA) is 32.3 Å². The highest BCUT2D eigenvalue weighted by Gasteiger charge is 2.11. The third-order valence-corrected chi connectivity index (χ3v) is 3.56. The van der Waals surface area contributed by atoms with E-state index in [1.807, 2.05) is 42.5 Å². The smallest absolute Gasteiger partial charge is 0.0914 e. The van der Waals surface area contributed by atoms with Gasteiger partial charge in [0, 0.05) is 12.6 Å². The van der Waals surface area contributed by atoms with Crippen LogP contribution in [-0.2, 0) is 6.42 Å². The molecule has 0 aliphatic carbocycles. The molecular weight excluding hydrogens is 258 g/mol. The van der Waals surface area contributed by atoms with Gasteiger partial charge in [-0.25, -0.2) is 0 Å². The van der Waals surface area contributed by atoms with Crippen LogP contribution in [0.25, 0.3) is 0 Å². The van der Waals surface area contributed by atoms with Crippen molar-refractivity contribution >= 4 is 0 Å². The first-order valence-electron chi connectivity index (χ1n) is 7.41. The van der Waals surface area contributed by atoms with E-state index in [2.05, 4.69) is 36.2 Å². The molecular formula is C19H23NO. The number of hydrogen-bond acceptors (Lipinski definition) is 2. The van der Waals surface area contributed by atoms with Crippen molar-refractivity contribution in [2.45, 2.75) is 25.0 Å². The van der Waals surface area contributed by atoms with Gasteiger partial charge in [0.05, 0.1) is 6.10 Å². The Morgan fingerprint density at radius 3 is 2.24 bits per heavy atom. The van der Waals surface area contributed by atoms with E-state index in [1.54, 1.807) is 0 Å². The summed E-state index contributed by atoms with van der Waals surface area (Å²) < 4.78 is 0. The summed E-state index contributed by atoms with van der Waals surface area (Å²) in [4.78, 5) is 0. The lowest BCUT2D eigenvalue weighted by molar-refractivity contribution is 0.169. The van der Waals surface area contributed by atoms with Gasteiger partial charge in [-0.3, -0.25) is 0 Å². The Hall–Kier alpha value is -1.90. The van der Waals surface area contributed by atoms with Crippen LogP contribution in [-0.4, -0.2) is 17.7 Å². The van der Waals surface area contributed by atoms with Gasteiger partial charge in [-0.1, -0.05) is 66.7 Å². The van der Waals surface area contributed by atoms with Crippen LogP contribution in [0.2, 0.25) is 0 Å². The van der Waals surface area contributed by atoms with Gasteiger partial charge in [-0.05, 0) is 24.0 Å². The molecule has 0 spiro atoms. The van der Waals surface area contributed by atoms with Crippen LogP contribution in [0.15, 0.2) is 73.3 Å². The molecule has 2 rings (SSSR count). The first-order chi connectivity index (χ1) is 10.3. The zero-order chi connectivity index (χ0) is 14.9. The Morgan fingerprint density at radius 2 is 1.62 bits per heavy atom. The van der Waals surface area contributed by atoms with E-state index in [0.717, 1.165) is 18.4 Å². The molecule has 2 nitrogen and oxygen atoms in total. The van der Waals surface area contributed by atoms with Crippen LogP contribution in [0, 0.1) is 0 Å². The van der Waals surface area contributed by atoms with E-state index in [1.165, 1.54) is 5.56 Å². The lowest BCUT2D eigenvalue weighted by Gasteiger charge is -2.20. The van der Waals surface area contributed by atoms with Crippen LogP contribution in [0.5, 0.6) is 0 Å². The van der Waals surface area contributed by atoms with Crippen molar-refractivity contribution in [3.8, 4) is 0 Å². The normalized spacial score (nSPS) is 13.6. The van der Waals surface area contributed by atoms with E-state index in [0.29, 0.717) is 12.6 Å². The Labute approximate surface area is 127 Å². The van der Waals surface area contributed by atoms with Crippen molar-refractivity contribution in [1.29, 1.82) is 0 Å². The standard InChI is InChI=1S/C19H23NO/c1-2-9-18(14-16-10-5-3-6-11-16)20-15-19(21)17-12-7-4-8-13-17/h2-8,10-13,18-21H,1,9,14-15H2/t18-,19+/m1/s1. The lowest BCUT2D eigenvalue weighted by atomic mass is 10.0. The molecule has 0 aliphatic rings. The van der Waals surface area contributed by atoms with Crippen molar-refractivity contribution in [2.75, 3.05) is 6.54 Å². The fourth-order valence-electron chi connectivity index (χ4n) is 2.41. The summed E-state index contributed by atoms with van der Waals surface area (Å²) in [6, 6.07) is 20.4. The van der Waals surface area contributed by atoms with Crippen LogP contribution >= 0.6 is 0 Å². The van der Waals surface area contributed by atoms with Crippen molar-refractivity contribution in [1.82, 2.24) is 5.32 Å². The van der Waals surface area contributed by atoms with Gasteiger partial charge in [0.1, 0.15) is 0 Å². The summed E-state index contributed by atoms with van der Waals surface area (Å²) in [6.45, 7) is 4.38. The highest BCUT2D eigenvalue weighted by atomic mass is 16.3. The molecule has 21 heavy (non-hydrogen) atoms. The fraction of sp³-hybridized carbons (Fsp3) is 0.263. The number of benzene rings is 2. The van der Waals surface area contributed by atoms with Gasteiger partial charge in [-0.15, -0.1) is 6.58 Å². The van der Waals surface area contributed by atoms with Crippen molar-refractivity contribution in [3.05, 3.63) is 84.4 Å². The Bertz CT molecular complexity index is 524. The zero-order valence-corrected chi connectivity index (χ0v) is 12.3. The minimum atomic E-state index is -0.478. The molecule has 2 aromatic rings. The molecule has 0 heterocycles. The molecule has 2 aromatic carbocycles. The summed E-state index contributed by atoms with van der Waals surface area (Å²) in [6.07, 6.45) is 3.27. The van der Waals surface area contributed by atoms with E-state index >= 15 is 0 Å². The van der Waals surface area contributed by atoms with Gasteiger partial charge >= 0.3 is 0 Å². The molecule has 0 unspecified atom stereocenters. The Kier molecular flexibility index (Phi) is 6.20. The maximum absolute atomic E-state index is 10.2. The molecule has 2 atom stereocenters. The van der Waals surface area contributed by atoms with Gasteiger partial charge in [0.25, 0.3) is 0 Å². The Balaban J connectivity index is 1.89. The highest BCUT2D eigenvalue weighted by molar-refractivity contribution is 5.18. The maximum Gasteiger partial charge on any atom is 0.0914 e. The first kappa shape index (κ1) is 15.5. The summed E-state index contributed by atoms with van der Waals surface area (Å²) >= 11 is 0. The summed E-state index contributed by atoms with van der Waals surface area (Å²) in [5.74, 6) is 0. The van der Waals surface area contributed by atoms with E-state index < -0.39 is 6.10 Å². The van der Waals surface area contributed by atoms with Gasteiger partial charge in [0.15, 0.2) is 0 Å². The van der Waals surface area contributed by atoms with E-state index in [9.17, 15) is 5.11 Å². The molecule has 110 valence electrons. The highest BCUT2D eigenvalue weighted by Crippen LogP contribution is 2.12. The van der Waals surface area contributed by atoms with Crippen LogP contribution < -0.4 is 5.32 Å². The number of aliphatic hydroxyl groups excluding tert-OH is 1. The maximum atomic E-state index is 10.2. The molecule has 0 aliphatic heterocycles. The molecule has 0 saturated carbocycles. The summed E-state index contributed by atoms with van der Waals surface area (Å²) in [7, 11) is 0. The predicted octanol–water partition coefficient (Wildman–Crippen LogP) is 3.50. The molecule has 0 bridgehead atoms. The number of aliphatic hydroxyl groups is 1. The third-order valence-electron chi connectivity index (χ3n) is 3.56. The summed E-state index contributed by atoms with van der Waals surface area (Å²) in [5.41, 5.74) is 2.24. The van der Waals surface area contributed by atoms with Gasteiger partial charge < -0.3 is 10.4 Å². The predicted molar refractivity (Wildman–Crippen MR) is 88.2 cm³/mol. The van der Waals surface area contributed by atoms with Crippen molar-refractivity contribution in [2.24, 2.45) is 0 Å². The molecule has 2 heteroatoms. The second-order valence-electron chi connectivity index (χ2n) is 5.25. The van der Waals surface area contributed by atoms with Crippen LogP contribution in [0.1, 0.15) is 23.7 Å². The lowest BCUT2D eigenvalue weighted by Crippen LogP contribution is -2.34. The number of nitrogens with one attached hydrogen (secondary N) is 1. The SMILES string of the molecule is C=CC[C@H](Cc1ccccc1)NC[C@H](O)c1ccccc1. The van der Waals surface area contributed by atoms with Crippen LogP contribution in [0.4, 0.5) is 0 Å². The van der Waals surface area contributed by atoms with Crippen LogP contribution in [0.3, 0.4) is 0 Å². The van der Waals surface area contributed by atoms with E-state index in [-0.39, 0.29) is 0 Å². The van der Waals surface area contributed by atoms with Crippen molar-refractivity contribution in [3.63, 3.8) is 0 Å². The average molecular weight is 281 g/mol. The zero-order valence-electron chi connectivity index (χ0n) is 12.3. The molecule has 0 amide bonds. The molecule has 0 fully saturated rings. The first-order valence-corrected chi connectivity index (χ1v) is 7.41. The average Bonchev–Trinajstić information content (AvgIpc) is 2.54. The van der Waals surface area contributed by atoms with Crippen molar-refractivity contribution < 1.29 is 5.11 Å².